The standard InChI is InChI=1S/C15H18Br2N/c1-18(2,14-6-4-3-5-7-14)12-13-8-10-15(16,17)11-9-13/h3-10H,11-12H2,1-2H3/q+1. The number of hydrogen-bond donors (Lipinski definition) is 0. The molecule has 2 rings (SSSR count). The van der Waals surface area contributed by atoms with Crippen molar-refractivity contribution in [2.75, 3.05) is 20.6 Å². The Morgan fingerprint density at radius 2 is 1.83 bits per heavy atom. The smallest absolute Gasteiger partial charge is 0.132 e. The van der Waals surface area contributed by atoms with Gasteiger partial charge in [0.1, 0.15) is 15.5 Å². The van der Waals surface area contributed by atoms with E-state index in [0.29, 0.717) is 0 Å². The zero-order valence-electron chi connectivity index (χ0n) is 10.7. The fourth-order valence-corrected chi connectivity index (χ4v) is 2.72. The maximum absolute atomic E-state index is 3.62. The summed E-state index contributed by atoms with van der Waals surface area (Å²) in [6.07, 6.45) is 7.66. The van der Waals surface area contributed by atoms with Crippen LogP contribution in [0.4, 0.5) is 5.69 Å². The molecule has 0 atom stereocenters. The fraction of sp³-hybridized carbons (Fsp3) is 0.333. The number of alkyl halides is 2. The molecule has 0 aromatic heterocycles. The number of hydrogen-bond acceptors (Lipinski definition) is 0. The van der Waals surface area contributed by atoms with Crippen LogP contribution in [-0.4, -0.2) is 23.9 Å². The van der Waals surface area contributed by atoms with Gasteiger partial charge in [0.2, 0.25) is 0 Å². The summed E-state index contributed by atoms with van der Waals surface area (Å²) in [6, 6.07) is 10.6. The van der Waals surface area contributed by atoms with Crippen LogP contribution in [0, 0.1) is 0 Å². The molecule has 0 heterocycles. The molecule has 1 aliphatic rings. The number of rotatable bonds is 3. The third kappa shape index (κ3) is 3.56. The number of halogens is 2. The second-order valence-electron chi connectivity index (χ2n) is 5.26. The van der Waals surface area contributed by atoms with Crippen LogP contribution in [0.5, 0.6) is 0 Å². The van der Waals surface area contributed by atoms with Crippen LogP contribution in [0.2, 0.25) is 0 Å². The van der Waals surface area contributed by atoms with E-state index in [0.717, 1.165) is 17.4 Å². The Morgan fingerprint density at radius 1 is 1.17 bits per heavy atom. The third-order valence-corrected chi connectivity index (χ3v) is 4.39. The van der Waals surface area contributed by atoms with Crippen molar-refractivity contribution in [1.29, 1.82) is 0 Å². The SMILES string of the molecule is C[N+](C)(CC1=CCC(Br)(Br)C=C1)c1ccccc1. The monoisotopic (exact) mass is 370 g/mol. The average molecular weight is 372 g/mol. The predicted molar refractivity (Wildman–Crippen MR) is 87.4 cm³/mol. The molecule has 0 unspecified atom stereocenters. The van der Waals surface area contributed by atoms with Gasteiger partial charge in [-0.3, -0.25) is 4.48 Å². The molecule has 0 amide bonds. The molecular formula is C15H18Br2N+. The van der Waals surface area contributed by atoms with Gasteiger partial charge in [0.15, 0.2) is 0 Å². The highest BCUT2D eigenvalue weighted by Crippen LogP contribution is 2.36. The second-order valence-corrected chi connectivity index (χ2v) is 9.15. The van der Waals surface area contributed by atoms with Gasteiger partial charge in [-0.2, -0.15) is 0 Å². The number of likely N-dealkylation sites (N-methyl/N-ethyl adjacent to an activating group) is 1. The van der Waals surface area contributed by atoms with Gasteiger partial charge in [-0.15, -0.1) is 0 Å². The van der Waals surface area contributed by atoms with Crippen LogP contribution in [0.15, 0.2) is 54.1 Å². The summed E-state index contributed by atoms with van der Waals surface area (Å²) < 4.78 is 0.821. The van der Waals surface area contributed by atoms with Gasteiger partial charge in [-0.05, 0) is 18.6 Å². The van der Waals surface area contributed by atoms with E-state index in [1.165, 1.54) is 11.3 Å². The second kappa shape index (κ2) is 5.32. The topological polar surface area (TPSA) is 0 Å². The van der Waals surface area contributed by atoms with Gasteiger partial charge >= 0.3 is 0 Å². The molecule has 0 radical (unpaired) electrons. The van der Waals surface area contributed by atoms with Crippen molar-refractivity contribution in [1.82, 2.24) is 4.48 Å². The van der Waals surface area contributed by atoms with Gasteiger partial charge in [0.25, 0.3) is 0 Å². The largest absolute Gasteiger partial charge is 0.292 e. The Morgan fingerprint density at radius 3 is 2.39 bits per heavy atom. The van der Waals surface area contributed by atoms with E-state index in [1.54, 1.807) is 0 Å². The first-order chi connectivity index (χ1) is 8.39. The summed E-state index contributed by atoms with van der Waals surface area (Å²) in [5, 5.41) is 0. The summed E-state index contributed by atoms with van der Waals surface area (Å²) in [6.45, 7) is 1.01. The van der Waals surface area contributed by atoms with E-state index in [4.69, 9.17) is 0 Å². The van der Waals surface area contributed by atoms with Crippen LogP contribution in [0.1, 0.15) is 6.42 Å². The van der Waals surface area contributed by atoms with E-state index in [1.807, 2.05) is 0 Å². The summed E-state index contributed by atoms with van der Waals surface area (Å²) >= 11 is 7.25. The highest BCUT2D eigenvalue weighted by atomic mass is 79.9. The third-order valence-electron chi connectivity index (χ3n) is 3.21. The number of benzene rings is 1. The molecule has 0 saturated carbocycles. The normalized spacial score (nSPS) is 18.6. The summed E-state index contributed by atoms with van der Waals surface area (Å²) in [5.41, 5.74) is 2.72. The van der Waals surface area contributed by atoms with E-state index < -0.39 is 0 Å². The lowest BCUT2D eigenvalue weighted by Gasteiger charge is -2.31. The predicted octanol–water partition coefficient (Wildman–Crippen LogP) is 4.63. The Labute approximate surface area is 126 Å². The Hall–Kier alpha value is -0.380. The Balaban J connectivity index is 2.11. The molecule has 1 aromatic rings. The molecule has 18 heavy (non-hydrogen) atoms. The molecule has 1 aliphatic carbocycles. The maximum atomic E-state index is 3.62. The lowest BCUT2D eigenvalue weighted by atomic mass is 10.1. The van der Waals surface area contributed by atoms with Gasteiger partial charge in [0, 0.05) is 5.57 Å². The van der Waals surface area contributed by atoms with Crippen LogP contribution >= 0.6 is 31.9 Å². The number of para-hydroxylation sites is 1. The quantitative estimate of drug-likeness (QED) is 0.536. The van der Waals surface area contributed by atoms with Crippen LogP contribution in [0.25, 0.3) is 0 Å². The Bertz CT molecular complexity index is 473. The zero-order valence-corrected chi connectivity index (χ0v) is 13.9. The molecule has 3 heteroatoms. The maximum Gasteiger partial charge on any atom is 0.132 e. The van der Waals surface area contributed by atoms with Crippen molar-refractivity contribution in [2.24, 2.45) is 0 Å². The van der Waals surface area contributed by atoms with Crippen LogP contribution in [-0.2, 0) is 0 Å². The molecule has 96 valence electrons. The van der Waals surface area contributed by atoms with Gasteiger partial charge in [0.05, 0.1) is 14.1 Å². The first kappa shape index (κ1) is 14.0. The van der Waals surface area contributed by atoms with E-state index >= 15 is 0 Å². The Kier molecular flexibility index (Phi) is 4.15. The van der Waals surface area contributed by atoms with Crippen LogP contribution < -0.4 is 4.48 Å². The zero-order chi connectivity index (χ0) is 13.2. The fourth-order valence-electron chi connectivity index (χ4n) is 2.13. The number of allylic oxidation sites excluding steroid dienone is 2. The minimum absolute atomic E-state index is 0.0482. The lowest BCUT2D eigenvalue weighted by molar-refractivity contribution is 0.434. The van der Waals surface area contributed by atoms with Crippen molar-refractivity contribution in [3.05, 3.63) is 54.1 Å². The van der Waals surface area contributed by atoms with Crippen LogP contribution in [0.3, 0.4) is 0 Å². The molecule has 0 fully saturated rings. The van der Waals surface area contributed by atoms with E-state index in [2.05, 4.69) is 94.5 Å². The summed E-state index contributed by atoms with van der Waals surface area (Å²) in [4.78, 5) is 0. The van der Waals surface area contributed by atoms with Crippen molar-refractivity contribution >= 4 is 37.5 Å². The number of quaternary nitrogens is 1. The molecule has 0 bridgehead atoms. The minimum Gasteiger partial charge on any atom is -0.292 e. The van der Waals surface area contributed by atoms with Gasteiger partial charge < -0.3 is 0 Å². The molecule has 0 N–H and O–H groups in total. The van der Waals surface area contributed by atoms with Crippen molar-refractivity contribution in [3.8, 4) is 0 Å². The number of nitrogens with zero attached hydrogens (tertiary/aromatic N) is 1. The average Bonchev–Trinajstić information content (AvgIpc) is 2.33. The summed E-state index contributed by atoms with van der Waals surface area (Å²) in [7, 11) is 4.49. The molecule has 0 spiro atoms. The first-order valence-electron chi connectivity index (χ1n) is 6.04. The first-order valence-corrected chi connectivity index (χ1v) is 7.62. The van der Waals surface area contributed by atoms with Gasteiger partial charge in [-0.1, -0.05) is 68.3 Å². The molecular weight excluding hydrogens is 354 g/mol. The highest BCUT2D eigenvalue weighted by Gasteiger charge is 2.24. The molecule has 0 aliphatic heterocycles. The van der Waals surface area contributed by atoms with Gasteiger partial charge in [-0.25, -0.2) is 0 Å². The van der Waals surface area contributed by atoms with Crippen molar-refractivity contribution in [3.63, 3.8) is 0 Å². The molecule has 1 aromatic carbocycles. The molecule has 0 saturated heterocycles. The van der Waals surface area contributed by atoms with Crippen molar-refractivity contribution < 1.29 is 0 Å². The summed E-state index contributed by atoms with van der Waals surface area (Å²) in [5.74, 6) is 0. The molecule has 1 nitrogen and oxygen atoms in total. The van der Waals surface area contributed by atoms with E-state index in [-0.39, 0.29) is 3.23 Å². The lowest BCUT2D eigenvalue weighted by Crippen LogP contribution is -2.42. The van der Waals surface area contributed by atoms with Crippen molar-refractivity contribution in [2.45, 2.75) is 9.65 Å². The van der Waals surface area contributed by atoms with E-state index in [9.17, 15) is 0 Å². The highest BCUT2D eigenvalue weighted by molar-refractivity contribution is 9.25. The minimum atomic E-state index is -0.0482.